The molecule has 0 aliphatic heterocycles. The number of ether oxygens (including phenoxy) is 1. The fourth-order valence-electron chi connectivity index (χ4n) is 3.52. The molecule has 1 atom stereocenters. The summed E-state index contributed by atoms with van der Waals surface area (Å²) in [5.41, 5.74) is 6.26. The van der Waals surface area contributed by atoms with Crippen LogP contribution in [0.5, 0.6) is 5.75 Å². The van der Waals surface area contributed by atoms with Crippen LogP contribution >= 0.6 is 0 Å². The second-order valence-electron chi connectivity index (χ2n) is 7.15. The second kappa shape index (κ2) is 8.31. The van der Waals surface area contributed by atoms with Gasteiger partial charge < -0.3 is 20.2 Å². The molecule has 4 aromatic rings. The van der Waals surface area contributed by atoms with Crippen molar-refractivity contribution in [3.8, 4) is 5.75 Å². The van der Waals surface area contributed by atoms with Gasteiger partial charge in [-0.15, -0.1) is 0 Å². The highest BCUT2D eigenvalue weighted by molar-refractivity contribution is 6.00. The number of nitrogens with one attached hydrogen (secondary N) is 1. The van der Waals surface area contributed by atoms with Crippen molar-refractivity contribution in [1.29, 1.82) is 0 Å². The van der Waals surface area contributed by atoms with E-state index in [9.17, 15) is 14.4 Å². The molecule has 0 aliphatic rings. The molecule has 0 spiro atoms. The zero-order valence-corrected chi connectivity index (χ0v) is 16.8. The van der Waals surface area contributed by atoms with Crippen LogP contribution in [0.1, 0.15) is 15.9 Å². The van der Waals surface area contributed by atoms with Crippen LogP contribution in [0.3, 0.4) is 0 Å². The first-order valence-electron chi connectivity index (χ1n) is 9.64. The minimum Gasteiger partial charge on any atom is -0.497 e. The van der Waals surface area contributed by atoms with Gasteiger partial charge in [-0.2, -0.15) is 0 Å². The van der Waals surface area contributed by atoms with Crippen LogP contribution < -0.4 is 21.4 Å². The van der Waals surface area contributed by atoms with Crippen molar-refractivity contribution >= 4 is 33.6 Å². The number of carbonyl (C=O) groups is 2. The van der Waals surface area contributed by atoms with Gasteiger partial charge in [0.2, 0.25) is 5.91 Å². The van der Waals surface area contributed by atoms with Gasteiger partial charge >= 0.3 is 5.63 Å². The van der Waals surface area contributed by atoms with E-state index < -0.39 is 23.5 Å². The molecule has 156 valence electrons. The second-order valence-corrected chi connectivity index (χ2v) is 7.15. The van der Waals surface area contributed by atoms with Crippen LogP contribution in [0.25, 0.3) is 21.7 Å². The lowest BCUT2D eigenvalue weighted by Crippen LogP contribution is -2.46. The number of nitrogens with two attached hydrogens (primary N) is 1. The number of fused-ring (bicyclic) bond motifs is 2. The zero-order valence-electron chi connectivity index (χ0n) is 16.8. The summed E-state index contributed by atoms with van der Waals surface area (Å²) >= 11 is 0. The van der Waals surface area contributed by atoms with Gasteiger partial charge in [0.15, 0.2) is 0 Å². The van der Waals surface area contributed by atoms with Crippen molar-refractivity contribution in [1.82, 2.24) is 5.32 Å². The molecule has 0 saturated carbocycles. The third-order valence-electron chi connectivity index (χ3n) is 5.12. The number of methoxy groups -OCH3 is 1. The Kier molecular flexibility index (Phi) is 5.41. The lowest BCUT2D eigenvalue weighted by atomic mass is 10.0. The van der Waals surface area contributed by atoms with E-state index in [0.29, 0.717) is 27.8 Å². The summed E-state index contributed by atoms with van der Waals surface area (Å²) in [6.07, 6.45) is 0.0447. The quantitative estimate of drug-likeness (QED) is 0.470. The Morgan fingerprint density at radius 3 is 2.55 bits per heavy atom. The number of primary amides is 1. The van der Waals surface area contributed by atoms with Crippen molar-refractivity contribution in [2.24, 2.45) is 5.73 Å². The summed E-state index contributed by atoms with van der Waals surface area (Å²) < 4.78 is 10.4. The van der Waals surface area contributed by atoms with Crippen LogP contribution in [0.15, 0.2) is 75.9 Å². The van der Waals surface area contributed by atoms with E-state index in [2.05, 4.69) is 5.32 Å². The van der Waals surface area contributed by atoms with Crippen LogP contribution in [0.2, 0.25) is 0 Å². The largest absolute Gasteiger partial charge is 0.497 e. The van der Waals surface area contributed by atoms with Crippen LogP contribution in [-0.4, -0.2) is 25.0 Å². The van der Waals surface area contributed by atoms with Crippen molar-refractivity contribution in [2.45, 2.75) is 12.5 Å². The molecule has 1 heterocycles. The maximum atomic E-state index is 12.8. The highest BCUT2D eigenvalue weighted by atomic mass is 16.5. The van der Waals surface area contributed by atoms with Crippen LogP contribution in [-0.2, 0) is 11.2 Å². The number of hydrogen-bond donors (Lipinski definition) is 2. The molecule has 0 fully saturated rings. The van der Waals surface area contributed by atoms with Crippen molar-refractivity contribution < 1.29 is 18.7 Å². The monoisotopic (exact) mass is 416 g/mol. The first-order valence-corrected chi connectivity index (χ1v) is 9.64. The molecule has 0 bridgehead atoms. The molecule has 0 unspecified atom stereocenters. The minimum atomic E-state index is -1.01. The zero-order chi connectivity index (χ0) is 22.0. The van der Waals surface area contributed by atoms with Gasteiger partial charge in [-0.1, -0.05) is 30.3 Å². The molecule has 7 heteroatoms. The normalized spacial score (nSPS) is 11.9. The Morgan fingerprint density at radius 2 is 1.81 bits per heavy atom. The van der Waals surface area contributed by atoms with E-state index in [-0.39, 0.29) is 6.42 Å². The summed E-state index contributed by atoms with van der Waals surface area (Å²) in [5, 5.41) is 5.22. The van der Waals surface area contributed by atoms with E-state index in [0.717, 1.165) is 10.8 Å². The molecular formula is C24H20N2O5. The van der Waals surface area contributed by atoms with Gasteiger partial charge in [0, 0.05) is 29.5 Å². The summed E-state index contributed by atoms with van der Waals surface area (Å²) in [4.78, 5) is 36.9. The first-order chi connectivity index (χ1) is 14.9. The standard InChI is InChI=1S/C24H20N2O5/c1-30-18-8-9-19-17(12-22(27)31-21(19)13-18)11-20(23(25)28)26-24(29)16-7-6-14-4-2-3-5-15(14)10-16/h2-10,12-13,20H,11H2,1H3,(H2,25,28)(H,26,29)/t20-/m1/s1. The fourth-order valence-corrected chi connectivity index (χ4v) is 3.52. The Morgan fingerprint density at radius 1 is 1.03 bits per heavy atom. The minimum absolute atomic E-state index is 0.0447. The predicted molar refractivity (Wildman–Crippen MR) is 117 cm³/mol. The first kappa shape index (κ1) is 20.2. The summed E-state index contributed by atoms with van der Waals surface area (Å²) in [5.74, 6) is -0.601. The fraction of sp³-hybridized carbons (Fsp3) is 0.125. The van der Waals surface area contributed by atoms with E-state index in [4.69, 9.17) is 14.9 Å². The third-order valence-corrected chi connectivity index (χ3v) is 5.12. The maximum Gasteiger partial charge on any atom is 0.336 e. The molecule has 0 radical (unpaired) electrons. The summed E-state index contributed by atoms with van der Waals surface area (Å²) in [6, 6.07) is 18.3. The van der Waals surface area contributed by atoms with E-state index in [1.807, 2.05) is 30.3 Å². The SMILES string of the molecule is COc1ccc2c(C[C@@H](NC(=O)c3ccc4ccccc4c3)C(N)=O)cc(=O)oc2c1. The molecule has 31 heavy (non-hydrogen) atoms. The number of amides is 2. The molecular weight excluding hydrogens is 396 g/mol. The number of rotatable bonds is 6. The molecule has 2 amide bonds. The Balaban J connectivity index is 1.63. The summed E-state index contributed by atoms with van der Waals surface area (Å²) in [7, 11) is 1.51. The lowest BCUT2D eigenvalue weighted by molar-refractivity contribution is -0.119. The van der Waals surface area contributed by atoms with Gasteiger partial charge in [0.25, 0.3) is 5.91 Å². The average Bonchev–Trinajstić information content (AvgIpc) is 2.77. The molecule has 0 saturated heterocycles. The molecule has 0 aliphatic carbocycles. The number of hydrogen-bond acceptors (Lipinski definition) is 5. The van der Waals surface area contributed by atoms with E-state index in [1.165, 1.54) is 13.2 Å². The van der Waals surface area contributed by atoms with Gasteiger partial charge in [-0.05, 0) is 40.6 Å². The van der Waals surface area contributed by atoms with Gasteiger partial charge in [0.1, 0.15) is 17.4 Å². The lowest BCUT2D eigenvalue weighted by Gasteiger charge is -2.17. The van der Waals surface area contributed by atoms with E-state index in [1.54, 1.807) is 30.3 Å². The predicted octanol–water partition coefficient (Wildman–Crippen LogP) is 2.78. The van der Waals surface area contributed by atoms with Gasteiger partial charge in [-0.25, -0.2) is 4.79 Å². The van der Waals surface area contributed by atoms with Crippen molar-refractivity contribution in [3.05, 3.63) is 88.3 Å². The molecule has 4 rings (SSSR count). The number of carbonyl (C=O) groups excluding carboxylic acids is 2. The Labute approximate surface area is 177 Å². The Hall–Kier alpha value is -4.13. The molecule has 7 nitrogen and oxygen atoms in total. The van der Waals surface area contributed by atoms with E-state index >= 15 is 0 Å². The summed E-state index contributed by atoms with van der Waals surface area (Å²) in [6.45, 7) is 0. The molecule has 3 N–H and O–H groups in total. The topological polar surface area (TPSA) is 112 Å². The Bertz CT molecular complexity index is 1360. The molecule has 1 aromatic heterocycles. The number of benzene rings is 3. The van der Waals surface area contributed by atoms with Gasteiger partial charge in [-0.3, -0.25) is 9.59 Å². The van der Waals surface area contributed by atoms with Gasteiger partial charge in [0.05, 0.1) is 7.11 Å². The van der Waals surface area contributed by atoms with Crippen LogP contribution in [0.4, 0.5) is 0 Å². The van der Waals surface area contributed by atoms with Crippen molar-refractivity contribution in [2.75, 3.05) is 7.11 Å². The maximum absolute atomic E-state index is 12.8. The highest BCUT2D eigenvalue weighted by Crippen LogP contribution is 2.23. The van der Waals surface area contributed by atoms with Crippen LogP contribution in [0, 0.1) is 0 Å². The highest BCUT2D eigenvalue weighted by Gasteiger charge is 2.21. The molecule has 3 aromatic carbocycles. The average molecular weight is 416 g/mol. The smallest absolute Gasteiger partial charge is 0.336 e. The van der Waals surface area contributed by atoms with Crippen molar-refractivity contribution in [3.63, 3.8) is 0 Å². The third kappa shape index (κ3) is 4.25.